The molecule has 8 nitrogen and oxygen atoms in total. The van der Waals surface area contributed by atoms with Gasteiger partial charge in [0.25, 0.3) is 10.0 Å². The Labute approximate surface area is 212 Å². The Morgan fingerprint density at radius 1 is 1.00 bits per heavy atom. The SMILES string of the molecule is CCOc1cc(NC(=O)[C@@H](CO)c2ccccc2)ccc1S(=O)(=O)Nc1ccc(C)c(OC(F)(F)F)c1. The highest BCUT2D eigenvalue weighted by atomic mass is 32.2. The predicted molar refractivity (Wildman–Crippen MR) is 131 cm³/mol. The minimum Gasteiger partial charge on any atom is -0.492 e. The number of aryl methyl sites for hydroxylation is 1. The molecule has 0 saturated carbocycles. The molecule has 3 N–H and O–H groups in total. The molecule has 0 radical (unpaired) electrons. The molecule has 0 aliphatic rings. The van der Waals surface area contributed by atoms with Crippen LogP contribution in [-0.2, 0) is 14.8 Å². The fourth-order valence-corrected chi connectivity index (χ4v) is 4.62. The lowest BCUT2D eigenvalue weighted by molar-refractivity contribution is -0.274. The standard InChI is InChI=1S/C25H25F3N2O6S/c1-3-35-22-13-18(29-24(32)20(15-31)17-7-5-4-6-8-17)11-12-23(22)37(33,34)30-19-10-9-16(2)21(14-19)36-25(26,27)28/h4-14,20,30-31H,3,15H2,1-2H3,(H,29,32)/t20-/m0/s1. The summed E-state index contributed by atoms with van der Waals surface area (Å²) in [7, 11) is -4.31. The summed E-state index contributed by atoms with van der Waals surface area (Å²) in [5.41, 5.74) is 0.825. The first-order chi connectivity index (χ1) is 17.4. The number of aliphatic hydroxyl groups excluding tert-OH is 1. The molecule has 1 amide bonds. The normalized spacial score (nSPS) is 12.5. The summed E-state index contributed by atoms with van der Waals surface area (Å²) in [4.78, 5) is 12.5. The Bertz CT molecular complexity index is 1350. The molecule has 0 aliphatic carbocycles. The smallest absolute Gasteiger partial charge is 0.492 e. The summed E-state index contributed by atoms with van der Waals surface area (Å²) in [6.07, 6.45) is -4.94. The van der Waals surface area contributed by atoms with Gasteiger partial charge in [0.1, 0.15) is 16.4 Å². The van der Waals surface area contributed by atoms with E-state index in [-0.39, 0.29) is 34.2 Å². The van der Waals surface area contributed by atoms with Gasteiger partial charge in [-0.1, -0.05) is 36.4 Å². The van der Waals surface area contributed by atoms with Crippen molar-refractivity contribution in [2.45, 2.75) is 31.0 Å². The summed E-state index contributed by atoms with van der Waals surface area (Å²) in [6, 6.07) is 16.0. The van der Waals surface area contributed by atoms with Gasteiger partial charge in [-0.15, -0.1) is 13.2 Å². The zero-order valence-corrected chi connectivity index (χ0v) is 20.7. The number of nitrogens with one attached hydrogen (secondary N) is 2. The van der Waals surface area contributed by atoms with Gasteiger partial charge in [0.2, 0.25) is 5.91 Å². The number of carbonyl (C=O) groups excluding carboxylic acids is 1. The fourth-order valence-electron chi connectivity index (χ4n) is 3.44. The average Bonchev–Trinajstić information content (AvgIpc) is 2.81. The highest BCUT2D eigenvalue weighted by molar-refractivity contribution is 7.92. The molecule has 3 aromatic carbocycles. The summed E-state index contributed by atoms with van der Waals surface area (Å²) in [6.45, 7) is 2.67. The van der Waals surface area contributed by atoms with Gasteiger partial charge in [-0.05, 0) is 43.2 Å². The van der Waals surface area contributed by atoms with Crippen LogP contribution in [0.4, 0.5) is 24.5 Å². The monoisotopic (exact) mass is 538 g/mol. The molecule has 0 bridgehead atoms. The van der Waals surface area contributed by atoms with Crippen LogP contribution in [0.2, 0.25) is 0 Å². The molecule has 0 spiro atoms. The van der Waals surface area contributed by atoms with Crippen LogP contribution in [0.5, 0.6) is 11.5 Å². The Morgan fingerprint density at radius 3 is 2.27 bits per heavy atom. The van der Waals surface area contributed by atoms with E-state index in [1.54, 1.807) is 37.3 Å². The van der Waals surface area contributed by atoms with Gasteiger partial charge in [-0.25, -0.2) is 8.42 Å². The zero-order valence-electron chi connectivity index (χ0n) is 19.9. The molecular formula is C25H25F3N2O6S. The lowest BCUT2D eigenvalue weighted by Gasteiger charge is -2.17. The zero-order chi connectivity index (χ0) is 27.2. The number of benzene rings is 3. The minimum absolute atomic E-state index is 0.0908. The highest BCUT2D eigenvalue weighted by Gasteiger charge is 2.32. The van der Waals surface area contributed by atoms with Crippen molar-refractivity contribution in [3.05, 3.63) is 77.9 Å². The first kappa shape index (κ1) is 27.8. The largest absolute Gasteiger partial charge is 0.573 e. The number of amides is 1. The van der Waals surface area contributed by atoms with Crippen LogP contribution in [0.25, 0.3) is 0 Å². The predicted octanol–water partition coefficient (Wildman–Crippen LogP) is 4.81. The summed E-state index contributed by atoms with van der Waals surface area (Å²) in [5.74, 6) is -2.00. The van der Waals surface area contributed by atoms with Gasteiger partial charge in [-0.2, -0.15) is 0 Å². The number of aliphatic hydroxyl groups is 1. The van der Waals surface area contributed by atoms with Crippen molar-refractivity contribution in [1.82, 2.24) is 0 Å². The number of alkyl halides is 3. The van der Waals surface area contributed by atoms with Crippen LogP contribution >= 0.6 is 0 Å². The average molecular weight is 539 g/mol. The summed E-state index contributed by atoms with van der Waals surface area (Å²) in [5, 5.41) is 12.3. The first-order valence-electron chi connectivity index (χ1n) is 11.1. The van der Waals surface area contributed by atoms with E-state index < -0.39 is 40.6 Å². The number of anilines is 2. The number of sulfonamides is 1. The Hall–Kier alpha value is -3.77. The van der Waals surface area contributed by atoms with Crippen molar-refractivity contribution in [2.24, 2.45) is 0 Å². The van der Waals surface area contributed by atoms with Crippen molar-refractivity contribution in [3.63, 3.8) is 0 Å². The second-order valence-electron chi connectivity index (χ2n) is 7.86. The molecule has 0 heterocycles. The van der Waals surface area contributed by atoms with Crippen LogP contribution in [-0.4, -0.2) is 39.0 Å². The molecule has 0 aromatic heterocycles. The van der Waals surface area contributed by atoms with E-state index in [2.05, 4.69) is 14.8 Å². The molecule has 0 aliphatic heterocycles. The molecule has 3 aromatic rings. The van der Waals surface area contributed by atoms with Gasteiger partial charge in [0.15, 0.2) is 0 Å². The van der Waals surface area contributed by atoms with Gasteiger partial charge in [-0.3, -0.25) is 9.52 Å². The molecule has 198 valence electrons. The van der Waals surface area contributed by atoms with Crippen molar-refractivity contribution in [3.8, 4) is 11.5 Å². The van der Waals surface area contributed by atoms with E-state index in [0.717, 1.165) is 6.07 Å². The van der Waals surface area contributed by atoms with Crippen LogP contribution in [0.3, 0.4) is 0 Å². The van der Waals surface area contributed by atoms with E-state index >= 15 is 0 Å². The topological polar surface area (TPSA) is 114 Å². The van der Waals surface area contributed by atoms with E-state index in [0.29, 0.717) is 5.56 Å². The van der Waals surface area contributed by atoms with E-state index in [1.807, 2.05) is 0 Å². The van der Waals surface area contributed by atoms with Crippen LogP contribution in [0, 0.1) is 6.92 Å². The number of ether oxygens (including phenoxy) is 2. The van der Waals surface area contributed by atoms with E-state index in [1.165, 1.54) is 37.3 Å². The van der Waals surface area contributed by atoms with Crippen molar-refractivity contribution >= 4 is 27.3 Å². The quantitative estimate of drug-likeness (QED) is 0.342. The van der Waals surface area contributed by atoms with Crippen molar-refractivity contribution < 1.29 is 41.0 Å². The highest BCUT2D eigenvalue weighted by Crippen LogP contribution is 2.33. The third-order valence-electron chi connectivity index (χ3n) is 5.17. The second kappa shape index (κ2) is 11.5. The molecule has 0 unspecified atom stereocenters. The Balaban J connectivity index is 1.86. The number of rotatable bonds is 10. The Kier molecular flexibility index (Phi) is 8.66. The van der Waals surface area contributed by atoms with E-state index in [9.17, 15) is 31.5 Å². The number of hydrogen-bond acceptors (Lipinski definition) is 6. The fraction of sp³-hybridized carbons (Fsp3) is 0.240. The summed E-state index contributed by atoms with van der Waals surface area (Å²) < 4.78 is 75.8. The third kappa shape index (κ3) is 7.37. The van der Waals surface area contributed by atoms with Crippen LogP contribution in [0.1, 0.15) is 24.0 Å². The maximum atomic E-state index is 13.1. The summed E-state index contributed by atoms with van der Waals surface area (Å²) >= 11 is 0. The second-order valence-corrected chi connectivity index (χ2v) is 9.51. The van der Waals surface area contributed by atoms with Gasteiger partial charge < -0.3 is 19.9 Å². The lowest BCUT2D eigenvalue weighted by atomic mass is 9.99. The van der Waals surface area contributed by atoms with Crippen molar-refractivity contribution in [1.29, 1.82) is 0 Å². The maximum absolute atomic E-state index is 13.1. The lowest BCUT2D eigenvalue weighted by Crippen LogP contribution is -2.24. The molecule has 12 heteroatoms. The molecule has 0 saturated heterocycles. The third-order valence-corrected chi connectivity index (χ3v) is 6.59. The van der Waals surface area contributed by atoms with Gasteiger partial charge in [0.05, 0.1) is 24.8 Å². The molecule has 0 fully saturated rings. The molecular weight excluding hydrogens is 513 g/mol. The number of hydrogen-bond donors (Lipinski definition) is 3. The number of carbonyl (C=O) groups is 1. The molecule has 3 rings (SSSR count). The van der Waals surface area contributed by atoms with Crippen molar-refractivity contribution in [2.75, 3.05) is 23.3 Å². The van der Waals surface area contributed by atoms with Gasteiger partial charge in [0, 0.05) is 17.8 Å². The van der Waals surface area contributed by atoms with Crippen LogP contribution < -0.4 is 19.5 Å². The first-order valence-corrected chi connectivity index (χ1v) is 12.5. The van der Waals surface area contributed by atoms with Gasteiger partial charge >= 0.3 is 6.36 Å². The number of halogens is 3. The minimum atomic E-state index is -4.94. The molecule has 1 atom stereocenters. The Morgan fingerprint density at radius 2 is 1.65 bits per heavy atom. The van der Waals surface area contributed by atoms with Crippen LogP contribution in [0.15, 0.2) is 71.6 Å². The molecule has 37 heavy (non-hydrogen) atoms. The van der Waals surface area contributed by atoms with E-state index in [4.69, 9.17) is 4.74 Å². The maximum Gasteiger partial charge on any atom is 0.573 e.